The number of ether oxygens (including phenoxy) is 1. The number of carbonyl (C=O) groups excluding carboxylic acids is 1. The van der Waals surface area contributed by atoms with Gasteiger partial charge in [-0.2, -0.15) is 10.4 Å². The smallest absolute Gasteiger partial charge is 0.255 e. The number of aryl methyl sites for hydroxylation is 1. The van der Waals surface area contributed by atoms with Crippen molar-refractivity contribution in [1.29, 1.82) is 5.26 Å². The van der Waals surface area contributed by atoms with Gasteiger partial charge in [-0.05, 0) is 55.3 Å². The van der Waals surface area contributed by atoms with Gasteiger partial charge in [0.1, 0.15) is 17.6 Å². The van der Waals surface area contributed by atoms with E-state index in [-0.39, 0.29) is 5.91 Å². The average molecular weight is 454 g/mol. The Bertz CT molecular complexity index is 1390. The molecule has 3 heterocycles. The van der Waals surface area contributed by atoms with Gasteiger partial charge in [0.2, 0.25) is 0 Å². The van der Waals surface area contributed by atoms with Gasteiger partial charge < -0.3 is 20.1 Å². The second-order valence-electron chi connectivity index (χ2n) is 8.26. The molecule has 1 atom stereocenters. The highest BCUT2D eigenvalue weighted by molar-refractivity contribution is 6.00. The van der Waals surface area contributed by atoms with Crippen molar-refractivity contribution in [3.05, 3.63) is 83.7 Å². The molecule has 0 radical (unpaired) electrons. The van der Waals surface area contributed by atoms with Crippen LogP contribution in [0.4, 0.5) is 11.4 Å². The number of rotatable bonds is 5. The molecule has 1 amide bonds. The Morgan fingerprint density at radius 1 is 1.18 bits per heavy atom. The first-order chi connectivity index (χ1) is 16.5. The Labute approximate surface area is 196 Å². The number of aromatic nitrogens is 2. The SMILES string of the molecule is Cc1c(C(=O)N2CCC(O)C2)cn2ncc(C#N)c(Nc3ccc(Oc4ccccc4)cc3)c12. The molecule has 0 aliphatic carbocycles. The molecule has 2 aromatic carbocycles. The molecule has 2 aromatic heterocycles. The summed E-state index contributed by atoms with van der Waals surface area (Å²) >= 11 is 0. The lowest BCUT2D eigenvalue weighted by molar-refractivity contribution is 0.0764. The lowest BCUT2D eigenvalue weighted by Crippen LogP contribution is -2.29. The summed E-state index contributed by atoms with van der Waals surface area (Å²) in [5.41, 5.74) is 3.60. The lowest BCUT2D eigenvalue weighted by atomic mass is 10.1. The number of amides is 1. The first-order valence-electron chi connectivity index (χ1n) is 11.0. The quantitative estimate of drug-likeness (QED) is 0.468. The van der Waals surface area contributed by atoms with Crippen LogP contribution in [0, 0.1) is 18.3 Å². The summed E-state index contributed by atoms with van der Waals surface area (Å²) in [5.74, 6) is 1.29. The third-order valence-corrected chi connectivity index (χ3v) is 5.96. The van der Waals surface area contributed by atoms with Crippen LogP contribution in [-0.2, 0) is 0 Å². The molecular weight excluding hydrogens is 430 g/mol. The van der Waals surface area contributed by atoms with Gasteiger partial charge in [-0.25, -0.2) is 4.52 Å². The van der Waals surface area contributed by atoms with E-state index < -0.39 is 6.10 Å². The lowest BCUT2D eigenvalue weighted by Gasteiger charge is -2.15. The summed E-state index contributed by atoms with van der Waals surface area (Å²) in [6, 6.07) is 19.1. The number of carbonyl (C=O) groups is 1. The van der Waals surface area contributed by atoms with E-state index in [1.54, 1.807) is 15.6 Å². The summed E-state index contributed by atoms with van der Waals surface area (Å²) in [6.45, 7) is 2.69. The maximum absolute atomic E-state index is 13.1. The topological polar surface area (TPSA) is 103 Å². The fourth-order valence-electron chi connectivity index (χ4n) is 4.19. The summed E-state index contributed by atoms with van der Waals surface area (Å²) in [6.07, 6.45) is 3.25. The van der Waals surface area contributed by atoms with Crippen LogP contribution < -0.4 is 10.1 Å². The van der Waals surface area contributed by atoms with E-state index in [0.29, 0.717) is 47.6 Å². The number of aliphatic hydroxyl groups excluding tert-OH is 1. The van der Waals surface area contributed by atoms with Crippen LogP contribution in [0.1, 0.15) is 27.9 Å². The molecule has 8 heteroatoms. The van der Waals surface area contributed by atoms with Crippen molar-refractivity contribution in [2.75, 3.05) is 18.4 Å². The van der Waals surface area contributed by atoms with Crippen molar-refractivity contribution in [3.8, 4) is 17.6 Å². The number of benzene rings is 2. The fraction of sp³-hybridized carbons (Fsp3) is 0.192. The first-order valence-corrected chi connectivity index (χ1v) is 11.0. The summed E-state index contributed by atoms with van der Waals surface area (Å²) in [4.78, 5) is 14.7. The van der Waals surface area contributed by atoms with Crippen molar-refractivity contribution in [1.82, 2.24) is 14.5 Å². The number of hydrogen-bond acceptors (Lipinski definition) is 6. The molecule has 1 fully saturated rings. The molecule has 0 bridgehead atoms. The monoisotopic (exact) mass is 453 g/mol. The number of β-amino-alcohol motifs (C(OH)–C–C–N with tert-alkyl or cyclic N) is 1. The maximum atomic E-state index is 13.1. The minimum atomic E-state index is -0.490. The number of hydrogen-bond donors (Lipinski definition) is 2. The molecular formula is C26H23N5O3. The summed E-state index contributed by atoms with van der Waals surface area (Å²) in [5, 5.41) is 27.2. The van der Waals surface area contributed by atoms with Crippen molar-refractivity contribution in [3.63, 3.8) is 0 Å². The Hall–Kier alpha value is -4.35. The number of aliphatic hydroxyl groups is 1. The zero-order valence-electron chi connectivity index (χ0n) is 18.6. The summed E-state index contributed by atoms with van der Waals surface area (Å²) < 4.78 is 7.47. The average Bonchev–Trinajstić information content (AvgIpc) is 3.44. The molecule has 170 valence electrons. The van der Waals surface area contributed by atoms with Crippen LogP contribution in [-0.4, -0.2) is 44.7 Å². The largest absolute Gasteiger partial charge is 0.457 e. The van der Waals surface area contributed by atoms with Crippen LogP contribution in [0.15, 0.2) is 67.0 Å². The van der Waals surface area contributed by atoms with E-state index >= 15 is 0 Å². The van der Waals surface area contributed by atoms with Gasteiger partial charge in [0.05, 0.1) is 34.6 Å². The molecule has 8 nitrogen and oxygen atoms in total. The predicted molar refractivity (Wildman–Crippen MR) is 127 cm³/mol. The van der Waals surface area contributed by atoms with E-state index in [9.17, 15) is 15.2 Å². The van der Waals surface area contributed by atoms with E-state index in [0.717, 1.165) is 17.0 Å². The Morgan fingerprint density at radius 2 is 1.91 bits per heavy atom. The highest BCUT2D eigenvalue weighted by Gasteiger charge is 2.28. The van der Waals surface area contributed by atoms with Crippen LogP contribution >= 0.6 is 0 Å². The molecule has 5 rings (SSSR count). The van der Waals surface area contributed by atoms with Gasteiger partial charge in [-0.3, -0.25) is 4.79 Å². The third-order valence-electron chi connectivity index (χ3n) is 5.96. The van der Waals surface area contributed by atoms with Crippen LogP contribution in [0.2, 0.25) is 0 Å². The fourth-order valence-corrected chi connectivity index (χ4v) is 4.19. The van der Waals surface area contributed by atoms with Crippen LogP contribution in [0.25, 0.3) is 5.52 Å². The van der Waals surface area contributed by atoms with E-state index in [1.165, 1.54) is 6.20 Å². The molecule has 1 aliphatic rings. The highest BCUT2D eigenvalue weighted by atomic mass is 16.5. The first kappa shape index (κ1) is 21.5. The predicted octanol–water partition coefficient (Wildman–Crippen LogP) is 4.26. The van der Waals surface area contributed by atoms with E-state index in [1.807, 2.05) is 61.5 Å². The number of para-hydroxylation sites is 1. The Balaban J connectivity index is 1.46. The minimum absolute atomic E-state index is 0.147. The number of fused-ring (bicyclic) bond motifs is 1. The second kappa shape index (κ2) is 8.89. The summed E-state index contributed by atoms with van der Waals surface area (Å²) in [7, 11) is 0. The number of anilines is 2. The van der Waals surface area contributed by atoms with Gasteiger partial charge in [-0.1, -0.05) is 18.2 Å². The molecule has 1 unspecified atom stereocenters. The highest BCUT2D eigenvalue weighted by Crippen LogP contribution is 2.32. The Kier molecular flexibility index (Phi) is 5.62. The van der Waals surface area contributed by atoms with Gasteiger partial charge >= 0.3 is 0 Å². The molecule has 1 aliphatic heterocycles. The normalized spacial score (nSPS) is 15.3. The molecule has 2 N–H and O–H groups in total. The second-order valence-corrected chi connectivity index (χ2v) is 8.26. The third kappa shape index (κ3) is 4.05. The van der Waals surface area contributed by atoms with Gasteiger partial charge in [0, 0.05) is 25.0 Å². The van der Waals surface area contributed by atoms with E-state index in [2.05, 4.69) is 16.5 Å². The van der Waals surface area contributed by atoms with Crippen LogP contribution in [0.5, 0.6) is 11.5 Å². The van der Waals surface area contributed by atoms with Gasteiger partial charge in [0.25, 0.3) is 5.91 Å². The zero-order valence-corrected chi connectivity index (χ0v) is 18.6. The van der Waals surface area contributed by atoms with Gasteiger partial charge in [-0.15, -0.1) is 0 Å². The number of likely N-dealkylation sites (tertiary alicyclic amines) is 1. The van der Waals surface area contributed by atoms with E-state index in [4.69, 9.17) is 4.74 Å². The van der Waals surface area contributed by atoms with Crippen molar-refractivity contribution in [2.24, 2.45) is 0 Å². The maximum Gasteiger partial charge on any atom is 0.255 e. The molecule has 0 spiro atoms. The molecule has 0 saturated carbocycles. The molecule has 34 heavy (non-hydrogen) atoms. The number of nitriles is 1. The number of nitrogens with one attached hydrogen (secondary N) is 1. The van der Waals surface area contributed by atoms with Crippen molar-refractivity contribution < 1.29 is 14.6 Å². The standard InChI is InChI=1S/C26H23N5O3/c1-17-23(26(33)30-12-11-20(32)15-30)16-31-25(17)24(18(13-27)14-28-31)29-19-7-9-22(10-8-19)34-21-5-3-2-4-6-21/h2-10,14,16,20,29,32H,11-12,15H2,1H3. The number of nitrogens with zero attached hydrogens (tertiary/aromatic N) is 4. The van der Waals surface area contributed by atoms with Crippen molar-refractivity contribution in [2.45, 2.75) is 19.4 Å². The molecule has 4 aromatic rings. The van der Waals surface area contributed by atoms with Crippen molar-refractivity contribution >= 4 is 22.8 Å². The van der Waals surface area contributed by atoms with Crippen LogP contribution in [0.3, 0.4) is 0 Å². The van der Waals surface area contributed by atoms with Gasteiger partial charge in [0.15, 0.2) is 0 Å². The Morgan fingerprint density at radius 3 is 2.59 bits per heavy atom. The molecule has 1 saturated heterocycles. The zero-order chi connectivity index (χ0) is 23.7. The minimum Gasteiger partial charge on any atom is -0.457 e.